The van der Waals surface area contributed by atoms with E-state index in [9.17, 15) is 0 Å². The second-order valence-corrected chi connectivity index (χ2v) is 5.50. The zero-order chi connectivity index (χ0) is 15.9. The van der Waals surface area contributed by atoms with E-state index in [1.807, 2.05) is 24.3 Å². The van der Waals surface area contributed by atoms with E-state index < -0.39 is 0 Å². The molecule has 0 unspecified atom stereocenters. The van der Waals surface area contributed by atoms with Crippen molar-refractivity contribution in [2.45, 2.75) is 13.0 Å². The summed E-state index contributed by atoms with van der Waals surface area (Å²) in [5.41, 5.74) is 10.4. The summed E-state index contributed by atoms with van der Waals surface area (Å²) in [6.07, 6.45) is 0.836. The van der Waals surface area contributed by atoms with E-state index in [1.165, 1.54) is 11.1 Å². The normalized spacial score (nSPS) is 10.0. The zero-order valence-corrected chi connectivity index (χ0v) is 14.3. The summed E-state index contributed by atoms with van der Waals surface area (Å²) in [6, 6.07) is 27.0. The van der Waals surface area contributed by atoms with E-state index in [-0.39, 0.29) is 12.4 Å². The van der Waals surface area contributed by atoms with Crippen LogP contribution in [0, 0.1) is 0 Å². The topological polar surface area (TPSA) is 35.2 Å². The first-order valence-corrected chi connectivity index (χ1v) is 7.92. The van der Waals surface area contributed by atoms with Gasteiger partial charge in [-0.2, -0.15) is 0 Å². The van der Waals surface area contributed by atoms with Gasteiger partial charge in [-0.05, 0) is 41.3 Å². The van der Waals surface area contributed by atoms with Gasteiger partial charge in [0, 0.05) is 0 Å². The summed E-state index contributed by atoms with van der Waals surface area (Å²) in [4.78, 5) is 0. The molecule has 0 aliphatic rings. The lowest BCUT2D eigenvalue weighted by Crippen LogP contribution is -2.05. The van der Waals surface area contributed by atoms with Crippen molar-refractivity contribution < 1.29 is 4.74 Å². The summed E-state index contributed by atoms with van der Waals surface area (Å²) >= 11 is 0. The van der Waals surface area contributed by atoms with E-state index in [2.05, 4.69) is 54.6 Å². The highest BCUT2D eigenvalue weighted by molar-refractivity contribution is 5.85. The van der Waals surface area contributed by atoms with Crippen molar-refractivity contribution in [3.63, 3.8) is 0 Å². The van der Waals surface area contributed by atoms with E-state index >= 15 is 0 Å². The fourth-order valence-electron chi connectivity index (χ4n) is 2.59. The molecule has 0 saturated heterocycles. The third-order valence-corrected chi connectivity index (χ3v) is 3.84. The molecule has 3 aromatic carbocycles. The first-order chi connectivity index (χ1) is 11.4. The summed E-state index contributed by atoms with van der Waals surface area (Å²) < 4.78 is 5.97. The van der Waals surface area contributed by atoms with Gasteiger partial charge in [0.05, 0.1) is 0 Å². The number of para-hydroxylation sites is 1. The number of benzene rings is 3. The Labute approximate surface area is 149 Å². The molecule has 0 fully saturated rings. The van der Waals surface area contributed by atoms with Gasteiger partial charge in [-0.25, -0.2) is 0 Å². The van der Waals surface area contributed by atoms with Gasteiger partial charge < -0.3 is 10.5 Å². The molecule has 0 heterocycles. The number of nitrogens with two attached hydrogens (primary N) is 1. The summed E-state index contributed by atoms with van der Waals surface area (Å²) in [5, 5.41) is 0. The van der Waals surface area contributed by atoms with Crippen molar-refractivity contribution in [3.05, 3.63) is 90.0 Å². The molecule has 3 heteroatoms. The van der Waals surface area contributed by atoms with Crippen LogP contribution in [-0.2, 0) is 13.0 Å². The first-order valence-electron chi connectivity index (χ1n) is 7.92. The van der Waals surface area contributed by atoms with Crippen LogP contribution >= 0.6 is 12.4 Å². The van der Waals surface area contributed by atoms with Gasteiger partial charge in [0.15, 0.2) is 0 Å². The van der Waals surface area contributed by atoms with Crippen molar-refractivity contribution in [2.24, 2.45) is 5.73 Å². The monoisotopic (exact) mass is 339 g/mol. The maximum Gasteiger partial charge on any atom is 0.123 e. The second kappa shape index (κ2) is 9.11. The predicted molar refractivity (Wildman–Crippen MR) is 103 cm³/mol. The van der Waals surface area contributed by atoms with Crippen LogP contribution in [0.2, 0.25) is 0 Å². The third kappa shape index (κ3) is 4.60. The molecule has 3 rings (SSSR count). The number of halogens is 1. The van der Waals surface area contributed by atoms with Gasteiger partial charge in [0.25, 0.3) is 0 Å². The molecule has 0 radical (unpaired) electrons. The lowest BCUT2D eigenvalue weighted by atomic mass is 10.0. The van der Waals surface area contributed by atoms with E-state index in [0.717, 1.165) is 23.3 Å². The van der Waals surface area contributed by atoms with E-state index in [1.54, 1.807) is 0 Å². The molecule has 0 aromatic heterocycles. The molecule has 124 valence electrons. The van der Waals surface area contributed by atoms with Crippen LogP contribution in [-0.4, -0.2) is 6.54 Å². The van der Waals surface area contributed by atoms with Gasteiger partial charge in [0.2, 0.25) is 0 Å². The molecule has 0 spiro atoms. The third-order valence-electron chi connectivity index (χ3n) is 3.84. The van der Waals surface area contributed by atoms with Crippen LogP contribution in [0.3, 0.4) is 0 Å². The standard InChI is InChI=1S/C21H21NO.ClH/c22-15-14-20-8-4-5-9-21(20)23-16-17-10-12-19(13-11-17)18-6-2-1-3-7-18;/h1-13H,14-16,22H2;1H. The Bertz CT molecular complexity index is 741. The van der Waals surface area contributed by atoms with Crippen molar-refractivity contribution in [1.82, 2.24) is 0 Å². The smallest absolute Gasteiger partial charge is 0.123 e. The zero-order valence-electron chi connectivity index (χ0n) is 13.5. The van der Waals surface area contributed by atoms with Crippen molar-refractivity contribution in [2.75, 3.05) is 6.54 Å². The minimum Gasteiger partial charge on any atom is -0.489 e. The first kappa shape index (κ1) is 18.1. The Morgan fingerprint density at radius 1 is 0.708 bits per heavy atom. The van der Waals surface area contributed by atoms with Gasteiger partial charge in [0.1, 0.15) is 12.4 Å². The Morgan fingerprint density at radius 3 is 2.04 bits per heavy atom. The fraction of sp³-hybridized carbons (Fsp3) is 0.143. The van der Waals surface area contributed by atoms with Gasteiger partial charge in [-0.3, -0.25) is 0 Å². The van der Waals surface area contributed by atoms with Crippen molar-refractivity contribution in [1.29, 1.82) is 0 Å². The van der Waals surface area contributed by atoms with E-state index in [4.69, 9.17) is 10.5 Å². The Morgan fingerprint density at radius 2 is 1.33 bits per heavy atom. The Hall–Kier alpha value is -2.29. The van der Waals surface area contributed by atoms with Crippen molar-refractivity contribution in [3.8, 4) is 16.9 Å². The minimum absolute atomic E-state index is 0. The summed E-state index contributed by atoms with van der Waals surface area (Å²) in [7, 11) is 0. The molecule has 0 aliphatic carbocycles. The highest BCUT2D eigenvalue weighted by Crippen LogP contribution is 2.22. The minimum atomic E-state index is 0. The summed E-state index contributed by atoms with van der Waals surface area (Å²) in [5.74, 6) is 0.921. The van der Waals surface area contributed by atoms with Crippen molar-refractivity contribution >= 4 is 12.4 Å². The van der Waals surface area contributed by atoms with Crippen LogP contribution < -0.4 is 10.5 Å². The molecule has 0 atom stereocenters. The van der Waals surface area contributed by atoms with Crippen LogP contribution in [0.1, 0.15) is 11.1 Å². The Kier molecular flexibility index (Phi) is 6.86. The SMILES string of the molecule is Cl.NCCc1ccccc1OCc1ccc(-c2ccccc2)cc1. The molecular weight excluding hydrogens is 318 g/mol. The second-order valence-electron chi connectivity index (χ2n) is 5.50. The average Bonchev–Trinajstić information content (AvgIpc) is 2.62. The maximum absolute atomic E-state index is 5.97. The van der Waals surface area contributed by atoms with Crippen LogP contribution in [0.5, 0.6) is 5.75 Å². The fourth-order valence-corrected chi connectivity index (χ4v) is 2.59. The number of hydrogen-bond donors (Lipinski definition) is 1. The van der Waals surface area contributed by atoms with Gasteiger partial charge >= 0.3 is 0 Å². The number of rotatable bonds is 6. The van der Waals surface area contributed by atoms with Crippen LogP contribution in [0.15, 0.2) is 78.9 Å². The molecule has 0 saturated carbocycles. The number of ether oxygens (including phenoxy) is 1. The molecule has 2 N–H and O–H groups in total. The van der Waals surface area contributed by atoms with E-state index in [0.29, 0.717) is 13.2 Å². The lowest BCUT2D eigenvalue weighted by molar-refractivity contribution is 0.303. The molecular formula is C21H22ClNO. The molecule has 3 aromatic rings. The average molecular weight is 340 g/mol. The van der Waals surface area contributed by atoms with Gasteiger partial charge in [-0.15, -0.1) is 12.4 Å². The molecule has 0 bridgehead atoms. The van der Waals surface area contributed by atoms with Crippen LogP contribution in [0.4, 0.5) is 0 Å². The predicted octanol–water partition coefficient (Wildman–Crippen LogP) is 4.86. The lowest BCUT2D eigenvalue weighted by Gasteiger charge is -2.11. The number of hydrogen-bond acceptors (Lipinski definition) is 2. The molecule has 0 aliphatic heterocycles. The Balaban J connectivity index is 0.00000208. The highest BCUT2D eigenvalue weighted by atomic mass is 35.5. The van der Waals surface area contributed by atoms with Gasteiger partial charge in [-0.1, -0.05) is 72.8 Å². The maximum atomic E-state index is 5.97. The largest absolute Gasteiger partial charge is 0.489 e. The molecule has 24 heavy (non-hydrogen) atoms. The highest BCUT2D eigenvalue weighted by Gasteiger charge is 2.03. The molecule has 0 amide bonds. The molecule has 2 nitrogen and oxygen atoms in total. The van der Waals surface area contributed by atoms with Crippen LogP contribution in [0.25, 0.3) is 11.1 Å². The quantitative estimate of drug-likeness (QED) is 0.696. The summed E-state index contributed by atoms with van der Waals surface area (Å²) in [6.45, 7) is 1.20.